The van der Waals surface area contributed by atoms with E-state index in [1.54, 1.807) is 0 Å². The van der Waals surface area contributed by atoms with Crippen LogP contribution in [0.15, 0.2) is 29.4 Å². The molecular weight excluding hydrogens is 291 g/mol. The first-order valence-corrected chi connectivity index (χ1v) is 7.48. The summed E-state index contributed by atoms with van der Waals surface area (Å²) in [7, 11) is 1.86. The van der Waals surface area contributed by atoms with Crippen molar-refractivity contribution in [3.8, 4) is 0 Å². The Bertz CT molecular complexity index is 626. The van der Waals surface area contributed by atoms with Crippen molar-refractivity contribution in [3.05, 3.63) is 35.9 Å². The van der Waals surface area contributed by atoms with Gasteiger partial charge in [0.25, 0.3) is 0 Å². The highest BCUT2D eigenvalue weighted by atomic mass is 32.2. The molecule has 1 atom stereocenters. The van der Waals surface area contributed by atoms with Crippen LogP contribution in [0.4, 0.5) is 10.1 Å². The molecule has 5 nitrogen and oxygen atoms in total. The molecule has 2 aromatic rings. The topological polar surface area (TPSA) is 59.8 Å². The summed E-state index contributed by atoms with van der Waals surface area (Å²) >= 11 is 1.37. The maximum atomic E-state index is 12.8. The van der Waals surface area contributed by atoms with Gasteiger partial charge in [-0.05, 0) is 37.6 Å². The van der Waals surface area contributed by atoms with Gasteiger partial charge in [0.2, 0.25) is 5.91 Å². The maximum Gasteiger partial charge on any atom is 0.237 e. The Morgan fingerprint density at radius 2 is 2.05 bits per heavy atom. The summed E-state index contributed by atoms with van der Waals surface area (Å²) in [5.74, 6) is 0.338. The van der Waals surface area contributed by atoms with Crippen molar-refractivity contribution in [1.29, 1.82) is 0 Å². The Labute approximate surface area is 127 Å². The number of hydrogen-bond acceptors (Lipinski definition) is 4. The van der Waals surface area contributed by atoms with Gasteiger partial charge in [0, 0.05) is 12.7 Å². The van der Waals surface area contributed by atoms with Crippen molar-refractivity contribution >= 4 is 23.4 Å². The van der Waals surface area contributed by atoms with Gasteiger partial charge in [-0.1, -0.05) is 18.7 Å². The molecule has 1 aromatic carbocycles. The third kappa shape index (κ3) is 3.81. The lowest BCUT2D eigenvalue weighted by molar-refractivity contribution is -0.115. The van der Waals surface area contributed by atoms with Gasteiger partial charge in [-0.3, -0.25) is 4.79 Å². The molecule has 21 heavy (non-hydrogen) atoms. The van der Waals surface area contributed by atoms with Gasteiger partial charge >= 0.3 is 0 Å². The molecule has 0 fully saturated rings. The number of halogens is 1. The van der Waals surface area contributed by atoms with Gasteiger partial charge in [0.1, 0.15) is 11.6 Å². The number of rotatable bonds is 5. The molecule has 7 heteroatoms. The molecule has 112 valence electrons. The molecule has 0 aliphatic rings. The molecule has 1 unspecified atom stereocenters. The number of amides is 1. The molecule has 0 saturated heterocycles. The number of anilines is 1. The van der Waals surface area contributed by atoms with Crippen LogP contribution < -0.4 is 5.32 Å². The van der Waals surface area contributed by atoms with E-state index in [1.165, 1.54) is 36.0 Å². The van der Waals surface area contributed by atoms with Crippen molar-refractivity contribution in [2.75, 3.05) is 5.32 Å². The SMILES string of the molecule is CCC(Sc1nnc(C)n1C)C(=O)Nc1ccc(F)cc1. The van der Waals surface area contributed by atoms with E-state index in [0.717, 1.165) is 5.82 Å². The minimum absolute atomic E-state index is 0.130. The smallest absolute Gasteiger partial charge is 0.237 e. The van der Waals surface area contributed by atoms with Crippen molar-refractivity contribution in [2.24, 2.45) is 7.05 Å². The Hall–Kier alpha value is -1.89. The fourth-order valence-electron chi connectivity index (χ4n) is 1.70. The number of carbonyl (C=O) groups excluding carboxylic acids is 1. The van der Waals surface area contributed by atoms with E-state index in [1.807, 2.05) is 25.5 Å². The summed E-state index contributed by atoms with van der Waals surface area (Å²) in [5.41, 5.74) is 0.578. The number of carbonyl (C=O) groups is 1. The summed E-state index contributed by atoms with van der Waals surface area (Å²) < 4.78 is 14.7. The minimum Gasteiger partial charge on any atom is -0.325 e. The highest BCUT2D eigenvalue weighted by Gasteiger charge is 2.21. The molecule has 2 rings (SSSR count). The predicted molar refractivity (Wildman–Crippen MR) is 80.7 cm³/mol. The lowest BCUT2D eigenvalue weighted by atomic mass is 10.2. The minimum atomic E-state index is -0.330. The normalized spacial score (nSPS) is 12.2. The van der Waals surface area contributed by atoms with Crippen molar-refractivity contribution < 1.29 is 9.18 Å². The van der Waals surface area contributed by atoms with E-state index in [9.17, 15) is 9.18 Å². The maximum absolute atomic E-state index is 12.8. The van der Waals surface area contributed by atoms with E-state index in [4.69, 9.17) is 0 Å². The predicted octanol–water partition coefficient (Wildman–Crippen LogP) is 2.77. The number of benzene rings is 1. The summed E-state index contributed by atoms with van der Waals surface area (Å²) in [6, 6.07) is 5.71. The number of hydrogen-bond donors (Lipinski definition) is 1. The number of thioether (sulfide) groups is 1. The second-order valence-corrected chi connectivity index (χ2v) is 5.77. The fraction of sp³-hybridized carbons (Fsp3) is 0.357. The first-order valence-electron chi connectivity index (χ1n) is 6.60. The zero-order valence-corrected chi connectivity index (χ0v) is 12.9. The number of aryl methyl sites for hydroxylation is 1. The second-order valence-electron chi connectivity index (χ2n) is 4.60. The van der Waals surface area contributed by atoms with Crippen molar-refractivity contribution in [3.63, 3.8) is 0 Å². The quantitative estimate of drug-likeness (QED) is 0.863. The molecule has 1 aromatic heterocycles. The third-order valence-corrected chi connectivity index (χ3v) is 4.47. The molecule has 0 saturated carbocycles. The third-order valence-electron chi connectivity index (χ3n) is 3.08. The molecule has 1 amide bonds. The van der Waals surface area contributed by atoms with E-state index < -0.39 is 0 Å². The van der Waals surface area contributed by atoms with Crippen LogP contribution in [0.2, 0.25) is 0 Å². The van der Waals surface area contributed by atoms with Crippen LogP contribution in [-0.4, -0.2) is 25.9 Å². The van der Waals surface area contributed by atoms with Crippen LogP contribution >= 0.6 is 11.8 Å². The molecule has 0 radical (unpaired) electrons. The Morgan fingerprint density at radius 1 is 1.38 bits per heavy atom. The summed E-state index contributed by atoms with van der Waals surface area (Å²) in [4.78, 5) is 12.3. The standard InChI is InChI=1S/C14H17FN4OS/c1-4-12(21-14-18-17-9(2)19(14)3)13(20)16-11-7-5-10(15)6-8-11/h5-8,12H,4H2,1-3H3,(H,16,20). The zero-order chi connectivity index (χ0) is 15.4. The summed E-state index contributed by atoms with van der Waals surface area (Å²) in [6.45, 7) is 3.79. The van der Waals surface area contributed by atoms with E-state index in [-0.39, 0.29) is 17.0 Å². The zero-order valence-electron chi connectivity index (χ0n) is 12.1. The van der Waals surface area contributed by atoms with Crippen LogP contribution in [0, 0.1) is 12.7 Å². The van der Waals surface area contributed by atoms with Crippen LogP contribution in [-0.2, 0) is 11.8 Å². The largest absolute Gasteiger partial charge is 0.325 e. The molecule has 1 N–H and O–H groups in total. The summed E-state index contributed by atoms with van der Waals surface area (Å²) in [5, 5.41) is 11.2. The van der Waals surface area contributed by atoms with Crippen molar-refractivity contribution in [2.45, 2.75) is 30.7 Å². The lowest BCUT2D eigenvalue weighted by Crippen LogP contribution is -2.25. The van der Waals surface area contributed by atoms with Crippen LogP contribution in [0.25, 0.3) is 0 Å². The number of aromatic nitrogens is 3. The number of nitrogens with zero attached hydrogens (tertiary/aromatic N) is 3. The first kappa shape index (κ1) is 15.5. The van der Waals surface area contributed by atoms with Gasteiger partial charge in [0.05, 0.1) is 5.25 Å². The van der Waals surface area contributed by atoms with Gasteiger partial charge in [-0.2, -0.15) is 0 Å². The molecular formula is C14H17FN4OS. The van der Waals surface area contributed by atoms with Gasteiger partial charge < -0.3 is 9.88 Å². The van der Waals surface area contributed by atoms with Gasteiger partial charge in [0.15, 0.2) is 5.16 Å². The second kappa shape index (κ2) is 6.71. The average Bonchev–Trinajstić information content (AvgIpc) is 2.78. The average molecular weight is 308 g/mol. The lowest BCUT2D eigenvalue weighted by Gasteiger charge is -2.14. The highest BCUT2D eigenvalue weighted by molar-refractivity contribution is 8.00. The molecule has 0 bridgehead atoms. The molecule has 0 aliphatic heterocycles. The van der Waals surface area contributed by atoms with Crippen molar-refractivity contribution in [1.82, 2.24) is 14.8 Å². The molecule has 0 aliphatic carbocycles. The first-order chi connectivity index (χ1) is 10.0. The van der Waals surface area contributed by atoms with Crippen LogP contribution in [0.1, 0.15) is 19.2 Å². The van der Waals surface area contributed by atoms with Crippen LogP contribution in [0.5, 0.6) is 0 Å². The monoisotopic (exact) mass is 308 g/mol. The number of nitrogens with one attached hydrogen (secondary N) is 1. The molecule has 0 spiro atoms. The van der Waals surface area contributed by atoms with E-state index in [0.29, 0.717) is 17.3 Å². The molecule has 1 heterocycles. The summed E-state index contributed by atoms with van der Waals surface area (Å²) in [6.07, 6.45) is 0.656. The Kier molecular flexibility index (Phi) is 4.95. The van der Waals surface area contributed by atoms with Gasteiger partial charge in [-0.15, -0.1) is 10.2 Å². The van der Waals surface area contributed by atoms with E-state index >= 15 is 0 Å². The Balaban J connectivity index is 2.04. The van der Waals surface area contributed by atoms with Crippen LogP contribution in [0.3, 0.4) is 0 Å². The fourth-order valence-corrected chi connectivity index (χ4v) is 2.66. The van der Waals surface area contributed by atoms with Gasteiger partial charge in [-0.25, -0.2) is 4.39 Å². The Morgan fingerprint density at radius 3 is 2.57 bits per heavy atom. The highest BCUT2D eigenvalue weighted by Crippen LogP contribution is 2.25. The van der Waals surface area contributed by atoms with E-state index in [2.05, 4.69) is 15.5 Å².